The summed E-state index contributed by atoms with van der Waals surface area (Å²) in [6.45, 7) is -1.26. The molecule has 0 fully saturated rings. The zero-order valence-electron chi connectivity index (χ0n) is 12.4. The molecule has 0 bridgehead atoms. The van der Waals surface area contributed by atoms with Crippen LogP contribution in [-0.2, 0) is 10.0 Å². The number of alkyl halides is 3. The van der Waals surface area contributed by atoms with Crippen LogP contribution in [0.3, 0.4) is 0 Å². The molecule has 0 saturated carbocycles. The molecule has 0 atom stereocenters. The van der Waals surface area contributed by atoms with Crippen LogP contribution < -0.4 is 10.0 Å². The van der Waals surface area contributed by atoms with Gasteiger partial charge in [-0.25, -0.2) is 8.42 Å². The summed E-state index contributed by atoms with van der Waals surface area (Å²) in [5.74, 6) is 0. The Morgan fingerprint density at radius 1 is 0.917 bits per heavy atom. The first kappa shape index (κ1) is 17.9. The summed E-state index contributed by atoms with van der Waals surface area (Å²) in [6, 6.07) is 14.6. The van der Waals surface area contributed by atoms with Crippen molar-refractivity contribution in [2.45, 2.75) is 6.18 Å². The van der Waals surface area contributed by atoms with Gasteiger partial charge in [0.05, 0.1) is 16.8 Å². The van der Waals surface area contributed by atoms with Crippen LogP contribution in [0.25, 0.3) is 6.08 Å². The number of anilines is 2. The Labute approximate surface area is 138 Å². The largest absolute Gasteiger partial charge is 0.405 e. The van der Waals surface area contributed by atoms with Gasteiger partial charge >= 0.3 is 6.18 Å². The van der Waals surface area contributed by atoms with Gasteiger partial charge in [0.15, 0.2) is 0 Å². The Balaban J connectivity index is 2.13. The maximum absolute atomic E-state index is 12.3. The average Bonchev–Trinajstić information content (AvgIpc) is 2.52. The molecule has 24 heavy (non-hydrogen) atoms. The lowest BCUT2D eigenvalue weighted by Gasteiger charge is -2.14. The lowest BCUT2D eigenvalue weighted by Crippen LogP contribution is -2.22. The van der Waals surface area contributed by atoms with Crippen LogP contribution in [0.4, 0.5) is 24.5 Å². The zero-order valence-corrected chi connectivity index (χ0v) is 13.2. The molecule has 0 aliphatic rings. The number of halogens is 3. The van der Waals surface area contributed by atoms with Crippen LogP contribution in [0.5, 0.6) is 0 Å². The van der Waals surface area contributed by atoms with E-state index in [9.17, 15) is 21.6 Å². The van der Waals surface area contributed by atoms with E-state index < -0.39 is 22.7 Å². The fraction of sp³-hybridized carbons (Fsp3) is 0.125. The minimum absolute atomic E-state index is 0.0412. The highest BCUT2D eigenvalue weighted by atomic mass is 32.2. The number of hydrogen-bond donors (Lipinski definition) is 2. The van der Waals surface area contributed by atoms with E-state index >= 15 is 0 Å². The van der Waals surface area contributed by atoms with Crippen molar-refractivity contribution in [2.24, 2.45) is 0 Å². The molecular weight excluding hydrogens is 341 g/mol. The summed E-state index contributed by atoms with van der Waals surface area (Å²) in [5, 5.41) is 3.13. The number of sulfonamides is 1. The molecule has 2 aromatic carbocycles. The first-order valence-corrected chi connectivity index (χ1v) is 8.45. The molecule has 0 amide bonds. The van der Waals surface area contributed by atoms with Gasteiger partial charge in [-0.2, -0.15) is 13.2 Å². The van der Waals surface area contributed by atoms with Crippen LogP contribution in [0, 0.1) is 0 Å². The van der Waals surface area contributed by atoms with Gasteiger partial charge in [0, 0.05) is 0 Å². The van der Waals surface area contributed by atoms with Crippen molar-refractivity contribution in [3.8, 4) is 0 Å². The van der Waals surface area contributed by atoms with E-state index in [4.69, 9.17) is 0 Å². The highest BCUT2D eigenvalue weighted by molar-refractivity contribution is 7.95. The number of para-hydroxylation sites is 2. The van der Waals surface area contributed by atoms with Gasteiger partial charge in [-0.15, -0.1) is 0 Å². The molecule has 4 nitrogen and oxygen atoms in total. The molecule has 0 unspecified atom stereocenters. The fourth-order valence-electron chi connectivity index (χ4n) is 1.84. The fourth-order valence-corrected chi connectivity index (χ4v) is 2.73. The molecule has 2 N–H and O–H groups in total. The van der Waals surface area contributed by atoms with Crippen molar-refractivity contribution in [3.05, 3.63) is 65.6 Å². The number of benzene rings is 2. The van der Waals surface area contributed by atoms with Gasteiger partial charge in [0.1, 0.15) is 6.54 Å². The predicted octanol–water partition coefficient (Wildman–Crippen LogP) is 4.07. The van der Waals surface area contributed by atoms with Gasteiger partial charge in [0.25, 0.3) is 10.0 Å². The summed E-state index contributed by atoms with van der Waals surface area (Å²) < 4.78 is 63.3. The van der Waals surface area contributed by atoms with E-state index in [1.54, 1.807) is 30.3 Å². The summed E-state index contributed by atoms with van der Waals surface area (Å²) in [4.78, 5) is 0. The summed E-state index contributed by atoms with van der Waals surface area (Å²) in [5.41, 5.74) is 0.775. The van der Waals surface area contributed by atoms with Crippen LogP contribution in [0.1, 0.15) is 5.56 Å². The number of nitrogens with one attached hydrogen (secondary N) is 2. The quantitative estimate of drug-likeness (QED) is 0.820. The summed E-state index contributed by atoms with van der Waals surface area (Å²) in [6.07, 6.45) is -3.01. The van der Waals surface area contributed by atoms with E-state index in [-0.39, 0.29) is 11.4 Å². The molecule has 0 saturated heterocycles. The van der Waals surface area contributed by atoms with Crippen LogP contribution in [0.15, 0.2) is 60.0 Å². The van der Waals surface area contributed by atoms with Crippen molar-refractivity contribution in [3.63, 3.8) is 0 Å². The maximum atomic E-state index is 12.3. The molecule has 0 heterocycles. The normalized spacial score (nSPS) is 12.3. The van der Waals surface area contributed by atoms with Gasteiger partial charge in [-0.05, 0) is 23.8 Å². The van der Waals surface area contributed by atoms with E-state index in [2.05, 4.69) is 10.0 Å². The topological polar surface area (TPSA) is 58.2 Å². The van der Waals surface area contributed by atoms with E-state index in [0.717, 1.165) is 5.41 Å². The van der Waals surface area contributed by atoms with Gasteiger partial charge in [-0.1, -0.05) is 42.5 Å². The number of rotatable bonds is 6. The third-order valence-electron chi connectivity index (χ3n) is 2.90. The molecule has 0 aliphatic heterocycles. The van der Waals surface area contributed by atoms with Gasteiger partial charge < -0.3 is 5.32 Å². The third-order valence-corrected chi connectivity index (χ3v) is 3.90. The SMILES string of the molecule is O=S(=O)(C=Cc1ccccc1)Nc1ccccc1NCC(F)(F)F. The Hall–Kier alpha value is -2.48. The first-order valence-electron chi connectivity index (χ1n) is 6.91. The molecule has 0 radical (unpaired) electrons. The molecule has 8 heteroatoms. The molecular formula is C16H15F3N2O2S. The lowest BCUT2D eigenvalue weighted by molar-refractivity contribution is -0.115. The predicted molar refractivity (Wildman–Crippen MR) is 89.0 cm³/mol. The van der Waals surface area contributed by atoms with Crippen LogP contribution in [0.2, 0.25) is 0 Å². The van der Waals surface area contributed by atoms with Crippen LogP contribution in [-0.4, -0.2) is 21.1 Å². The summed E-state index contributed by atoms with van der Waals surface area (Å²) >= 11 is 0. The smallest absolute Gasteiger partial charge is 0.375 e. The van der Waals surface area contributed by atoms with Crippen molar-refractivity contribution >= 4 is 27.5 Å². The average molecular weight is 356 g/mol. The van der Waals surface area contributed by atoms with E-state index in [0.29, 0.717) is 5.56 Å². The molecule has 2 rings (SSSR count). The maximum Gasteiger partial charge on any atom is 0.405 e. The first-order chi connectivity index (χ1) is 11.3. The van der Waals surface area contributed by atoms with Gasteiger partial charge in [0.2, 0.25) is 0 Å². The second-order valence-corrected chi connectivity index (χ2v) is 6.44. The third kappa shape index (κ3) is 5.96. The molecule has 2 aromatic rings. The second kappa shape index (κ2) is 7.39. The van der Waals surface area contributed by atoms with Gasteiger partial charge in [-0.3, -0.25) is 4.72 Å². The Bertz CT molecular complexity index is 804. The van der Waals surface area contributed by atoms with Crippen LogP contribution >= 0.6 is 0 Å². The molecule has 0 aliphatic carbocycles. The highest BCUT2D eigenvalue weighted by Crippen LogP contribution is 2.24. The van der Waals surface area contributed by atoms with E-state index in [1.165, 1.54) is 30.3 Å². The molecule has 128 valence electrons. The van der Waals surface area contributed by atoms with E-state index in [1.807, 2.05) is 0 Å². The second-order valence-electron chi connectivity index (χ2n) is 4.87. The zero-order chi connectivity index (χ0) is 17.6. The lowest BCUT2D eigenvalue weighted by atomic mass is 10.2. The van der Waals surface area contributed by atoms with Crippen molar-refractivity contribution in [1.29, 1.82) is 0 Å². The minimum atomic E-state index is -4.40. The monoisotopic (exact) mass is 356 g/mol. The summed E-state index contributed by atoms with van der Waals surface area (Å²) in [7, 11) is -3.86. The van der Waals surface area contributed by atoms with Crippen molar-refractivity contribution in [2.75, 3.05) is 16.6 Å². The van der Waals surface area contributed by atoms with Crippen molar-refractivity contribution < 1.29 is 21.6 Å². The Morgan fingerprint density at radius 3 is 2.12 bits per heavy atom. The highest BCUT2D eigenvalue weighted by Gasteiger charge is 2.27. The Kier molecular flexibility index (Phi) is 5.50. The number of hydrogen-bond acceptors (Lipinski definition) is 3. The minimum Gasteiger partial charge on any atom is -0.375 e. The Morgan fingerprint density at radius 2 is 1.50 bits per heavy atom. The van der Waals surface area contributed by atoms with Crippen molar-refractivity contribution in [1.82, 2.24) is 0 Å². The molecule has 0 spiro atoms. The standard InChI is InChI=1S/C16H15F3N2O2S/c17-16(18,19)12-20-14-8-4-5-9-15(14)21-24(22,23)11-10-13-6-2-1-3-7-13/h1-11,20-21H,12H2. The molecule has 0 aromatic heterocycles.